The molecule has 2 heteroatoms. The van der Waals surface area contributed by atoms with Gasteiger partial charge in [0.05, 0.1) is 0 Å². The van der Waals surface area contributed by atoms with E-state index in [4.69, 9.17) is 0 Å². The lowest BCUT2D eigenvalue weighted by molar-refractivity contribution is 1.55. The Labute approximate surface area is 263 Å². The topological polar surface area (TPSA) is 0 Å². The molecule has 0 amide bonds. The molecule has 0 spiro atoms. The first kappa shape index (κ1) is 28.0. The second-order valence-electron chi connectivity index (χ2n) is 11.9. The van der Waals surface area contributed by atoms with Gasteiger partial charge < -0.3 is 0 Å². The SMILES string of the molecule is C[Si]1(c2ccccc2)C(c2ccccc2)=C(c2ccccc2)C(c2ccccc2)=C(c2ccccc2)[Si]1(C)c1ccccc1. The van der Waals surface area contributed by atoms with Gasteiger partial charge in [0.1, 0.15) is 15.2 Å². The summed E-state index contributed by atoms with van der Waals surface area (Å²) in [6.07, 6.45) is 0. The molecule has 1 aliphatic heterocycles. The summed E-state index contributed by atoms with van der Waals surface area (Å²) in [6.45, 7) is 5.36. The Kier molecular flexibility index (Phi) is 7.47. The molecule has 0 nitrogen and oxygen atoms in total. The van der Waals surface area contributed by atoms with E-state index in [0.29, 0.717) is 0 Å². The van der Waals surface area contributed by atoms with Crippen molar-refractivity contribution in [2.45, 2.75) is 13.1 Å². The molecule has 6 aromatic carbocycles. The van der Waals surface area contributed by atoms with Crippen molar-refractivity contribution in [2.24, 2.45) is 0 Å². The van der Waals surface area contributed by atoms with E-state index in [1.807, 2.05) is 0 Å². The van der Waals surface area contributed by atoms with Crippen LogP contribution < -0.4 is 10.4 Å². The molecule has 0 fully saturated rings. The second-order valence-corrected chi connectivity index (χ2v) is 24.6. The molecule has 0 aliphatic carbocycles. The van der Waals surface area contributed by atoms with E-state index in [1.54, 1.807) is 0 Å². The van der Waals surface area contributed by atoms with Crippen LogP contribution in [-0.4, -0.2) is 15.2 Å². The fourth-order valence-electron chi connectivity index (χ4n) is 7.52. The molecule has 212 valence electrons. The van der Waals surface area contributed by atoms with Gasteiger partial charge in [-0.2, -0.15) is 0 Å². The van der Waals surface area contributed by atoms with Crippen molar-refractivity contribution in [1.82, 2.24) is 0 Å². The van der Waals surface area contributed by atoms with Gasteiger partial charge in [-0.3, -0.25) is 0 Å². The standard InChI is InChI=1S/C42H36Si2/c1-43(37-29-17-7-18-30-37)41(35-25-13-5-14-26-35)39(33-21-9-3-10-22-33)40(34-23-11-4-12-24-34)42(36-27-15-6-16-28-36)44(43,2)38-31-19-8-20-32-38/h3-32H,1-2H3. The predicted octanol–water partition coefficient (Wildman–Crippen LogP) is 9.35. The zero-order valence-electron chi connectivity index (χ0n) is 25.3. The molecule has 2 unspecified atom stereocenters. The van der Waals surface area contributed by atoms with Crippen molar-refractivity contribution < 1.29 is 0 Å². The second kappa shape index (κ2) is 11.7. The maximum Gasteiger partial charge on any atom is 0.119 e. The summed E-state index contributed by atoms with van der Waals surface area (Å²) >= 11 is 0. The van der Waals surface area contributed by atoms with Crippen LogP contribution >= 0.6 is 0 Å². The number of rotatable bonds is 6. The molecule has 0 radical (unpaired) electrons. The quantitative estimate of drug-likeness (QED) is 0.168. The van der Waals surface area contributed by atoms with Crippen LogP contribution in [0, 0.1) is 0 Å². The Morgan fingerprint density at radius 1 is 0.273 bits per heavy atom. The monoisotopic (exact) mass is 596 g/mol. The number of allylic oxidation sites excluding steroid dienone is 2. The highest BCUT2D eigenvalue weighted by Crippen LogP contribution is 2.55. The third-order valence-electron chi connectivity index (χ3n) is 9.70. The molecule has 44 heavy (non-hydrogen) atoms. The Morgan fingerprint density at radius 2 is 0.500 bits per heavy atom. The van der Waals surface area contributed by atoms with Gasteiger partial charge in [0.15, 0.2) is 0 Å². The molecular formula is C42H36Si2. The van der Waals surface area contributed by atoms with Crippen LogP contribution in [0.2, 0.25) is 13.1 Å². The number of benzene rings is 6. The van der Waals surface area contributed by atoms with Crippen molar-refractivity contribution in [1.29, 1.82) is 0 Å². The highest BCUT2D eigenvalue weighted by molar-refractivity contribution is 7.63. The number of hydrogen-bond donors (Lipinski definition) is 0. The number of hydrogen-bond acceptors (Lipinski definition) is 0. The largest absolute Gasteiger partial charge is 0.119 e. The minimum Gasteiger partial charge on any atom is -0.0628 e. The molecule has 2 atom stereocenters. The summed E-state index contributed by atoms with van der Waals surface area (Å²) in [5, 5.41) is 6.05. The van der Waals surface area contributed by atoms with Gasteiger partial charge in [-0.15, -0.1) is 0 Å². The van der Waals surface area contributed by atoms with E-state index in [-0.39, 0.29) is 0 Å². The molecule has 0 aromatic heterocycles. The van der Waals surface area contributed by atoms with Gasteiger partial charge in [-0.25, -0.2) is 0 Å². The fourth-order valence-corrected chi connectivity index (χ4v) is 24.1. The summed E-state index contributed by atoms with van der Waals surface area (Å²) in [5.41, 5.74) is 7.97. The van der Waals surface area contributed by atoms with Crippen molar-refractivity contribution in [2.75, 3.05) is 0 Å². The van der Waals surface area contributed by atoms with Crippen molar-refractivity contribution in [3.05, 3.63) is 204 Å². The Hall–Kier alpha value is -4.77. The average molecular weight is 597 g/mol. The van der Waals surface area contributed by atoms with E-state index in [2.05, 4.69) is 195 Å². The minimum atomic E-state index is -2.58. The summed E-state index contributed by atoms with van der Waals surface area (Å²) in [7, 11) is -5.17. The zero-order chi connectivity index (χ0) is 30.0. The summed E-state index contributed by atoms with van der Waals surface area (Å²) in [6, 6.07) is 67.8. The molecule has 0 saturated heterocycles. The fraction of sp³-hybridized carbons (Fsp3) is 0.0476. The molecule has 6 aromatic rings. The maximum absolute atomic E-state index is 2.68. The molecule has 0 bridgehead atoms. The van der Waals surface area contributed by atoms with Gasteiger partial charge >= 0.3 is 0 Å². The summed E-state index contributed by atoms with van der Waals surface area (Å²) in [4.78, 5) is 0. The van der Waals surface area contributed by atoms with Crippen LogP contribution in [0.4, 0.5) is 0 Å². The predicted molar refractivity (Wildman–Crippen MR) is 195 cm³/mol. The van der Waals surface area contributed by atoms with Gasteiger partial charge in [0, 0.05) is 0 Å². The van der Waals surface area contributed by atoms with Gasteiger partial charge in [0.25, 0.3) is 0 Å². The Balaban J connectivity index is 1.79. The molecule has 7 rings (SSSR count). The van der Waals surface area contributed by atoms with Crippen molar-refractivity contribution in [3.8, 4) is 0 Å². The van der Waals surface area contributed by atoms with Crippen LogP contribution in [-0.2, 0) is 0 Å². The Bertz CT molecular complexity index is 1790. The maximum atomic E-state index is 2.68. The smallest absolute Gasteiger partial charge is 0.0628 e. The van der Waals surface area contributed by atoms with Crippen LogP contribution in [0.1, 0.15) is 22.3 Å². The van der Waals surface area contributed by atoms with Crippen molar-refractivity contribution >= 4 is 47.1 Å². The van der Waals surface area contributed by atoms with Crippen molar-refractivity contribution in [3.63, 3.8) is 0 Å². The van der Waals surface area contributed by atoms with Crippen LogP contribution in [0.5, 0.6) is 0 Å². The lowest BCUT2D eigenvalue weighted by Crippen LogP contribution is -2.75. The lowest BCUT2D eigenvalue weighted by Gasteiger charge is -2.52. The molecule has 0 saturated carbocycles. The third kappa shape index (κ3) is 4.50. The van der Waals surface area contributed by atoms with E-state index in [0.717, 1.165) is 0 Å². The van der Waals surface area contributed by atoms with Gasteiger partial charge in [-0.05, 0) is 43.8 Å². The van der Waals surface area contributed by atoms with Gasteiger partial charge in [-0.1, -0.05) is 205 Å². The first-order valence-corrected chi connectivity index (χ1v) is 21.5. The highest BCUT2D eigenvalue weighted by atomic mass is 29.3. The van der Waals surface area contributed by atoms with E-state index in [9.17, 15) is 0 Å². The third-order valence-corrected chi connectivity index (χ3v) is 27.0. The van der Waals surface area contributed by atoms with E-state index < -0.39 is 15.2 Å². The van der Waals surface area contributed by atoms with Crippen LogP contribution in [0.25, 0.3) is 21.5 Å². The first-order chi connectivity index (χ1) is 21.6. The average Bonchev–Trinajstić information content (AvgIpc) is 3.11. The zero-order valence-corrected chi connectivity index (χ0v) is 27.3. The summed E-state index contributed by atoms with van der Waals surface area (Å²) < 4.78 is 0. The van der Waals surface area contributed by atoms with Crippen LogP contribution in [0.15, 0.2) is 182 Å². The molecule has 1 heterocycles. The van der Waals surface area contributed by atoms with E-state index in [1.165, 1.54) is 54.2 Å². The first-order valence-electron chi connectivity index (χ1n) is 15.5. The normalized spacial score (nSPS) is 20.0. The minimum absolute atomic E-state index is 1.28. The van der Waals surface area contributed by atoms with Gasteiger partial charge in [0.2, 0.25) is 0 Å². The molecule has 1 aliphatic rings. The Morgan fingerprint density at radius 3 is 0.773 bits per heavy atom. The summed E-state index contributed by atoms with van der Waals surface area (Å²) in [5.74, 6) is 0. The van der Waals surface area contributed by atoms with E-state index >= 15 is 0 Å². The lowest BCUT2D eigenvalue weighted by atomic mass is 9.88. The molecular weight excluding hydrogens is 561 g/mol. The highest BCUT2D eigenvalue weighted by Gasteiger charge is 2.59. The molecule has 0 N–H and O–H groups in total. The van der Waals surface area contributed by atoms with Crippen LogP contribution in [0.3, 0.4) is 0 Å².